The van der Waals surface area contributed by atoms with E-state index in [2.05, 4.69) is 9.64 Å². The smallest absolute Gasteiger partial charge is 0.337 e. The van der Waals surface area contributed by atoms with Gasteiger partial charge in [-0.3, -0.25) is 4.90 Å². The molecule has 0 radical (unpaired) electrons. The molecule has 19 heavy (non-hydrogen) atoms. The maximum atomic E-state index is 14.1. The van der Waals surface area contributed by atoms with E-state index in [-0.39, 0.29) is 17.4 Å². The average Bonchev–Trinajstić information content (AvgIpc) is 2.79. The molecule has 0 aliphatic carbocycles. The molecule has 104 valence electrons. The number of hydrogen-bond donors (Lipinski definition) is 1. The van der Waals surface area contributed by atoms with Crippen molar-refractivity contribution >= 4 is 5.97 Å². The summed E-state index contributed by atoms with van der Waals surface area (Å²) in [6, 6.07) is 4.54. The zero-order valence-electron chi connectivity index (χ0n) is 11.2. The lowest BCUT2D eigenvalue weighted by Gasteiger charge is -2.20. The van der Waals surface area contributed by atoms with E-state index >= 15 is 0 Å². The molecule has 1 aliphatic heterocycles. The van der Waals surface area contributed by atoms with Crippen LogP contribution in [0.5, 0.6) is 0 Å². The Morgan fingerprint density at radius 1 is 1.58 bits per heavy atom. The molecule has 2 atom stereocenters. The molecule has 5 heteroatoms. The molecule has 1 aliphatic rings. The molecule has 1 aromatic carbocycles. The number of halogens is 1. The number of rotatable bonds is 3. The highest BCUT2D eigenvalue weighted by molar-refractivity contribution is 5.89. The SMILES string of the molecule is COC(=O)c1ccc(C2CC(CN)CN2C)c(F)c1. The van der Waals surface area contributed by atoms with Crippen molar-refractivity contribution in [2.24, 2.45) is 11.7 Å². The third-order valence-electron chi connectivity index (χ3n) is 3.75. The summed E-state index contributed by atoms with van der Waals surface area (Å²) >= 11 is 0. The molecule has 2 unspecified atom stereocenters. The zero-order chi connectivity index (χ0) is 14.0. The van der Waals surface area contributed by atoms with Crippen molar-refractivity contribution in [1.29, 1.82) is 0 Å². The fraction of sp³-hybridized carbons (Fsp3) is 0.500. The fourth-order valence-electron chi connectivity index (χ4n) is 2.68. The minimum absolute atomic E-state index is 0.0280. The molecule has 0 amide bonds. The van der Waals surface area contributed by atoms with Crippen LogP contribution in [0.15, 0.2) is 18.2 Å². The summed E-state index contributed by atoms with van der Waals surface area (Å²) in [5, 5.41) is 0. The molecule has 1 aromatic rings. The van der Waals surface area contributed by atoms with Gasteiger partial charge in [0.2, 0.25) is 0 Å². The molecule has 2 N–H and O–H groups in total. The maximum absolute atomic E-state index is 14.1. The number of benzene rings is 1. The van der Waals surface area contributed by atoms with Crippen LogP contribution in [0.2, 0.25) is 0 Å². The Labute approximate surface area is 112 Å². The number of nitrogens with two attached hydrogens (primary N) is 1. The molecular formula is C14H19FN2O2. The third-order valence-corrected chi connectivity index (χ3v) is 3.75. The molecule has 4 nitrogen and oxygen atoms in total. The number of hydrogen-bond acceptors (Lipinski definition) is 4. The number of nitrogens with zero attached hydrogens (tertiary/aromatic N) is 1. The van der Waals surface area contributed by atoms with Gasteiger partial charge in [-0.05, 0) is 38.1 Å². The van der Waals surface area contributed by atoms with Crippen LogP contribution in [0.25, 0.3) is 0 Å². The lowest BCUT2D eigenvalue weighted by Crippen LogP contribution is -2.21. The average molecular weight is 266 g/mol. The van der Waals surface area contributed by atoms with Crippen molar-refractivity contribution in [2.75, 3.05) is 27.2 Å². The van der Waals surface area contributed by atoms with Gasteiger partial charge in [-0.25, -0.2) is 9.18 Å². The van der Waals surface area contributed by atoms with Gasteiger partial charge in [-0.1, -0.05) is 6.07 Å². The van der Waals surface area contributed by atoms with Gasteiger partial charge < -0.3 is 10.5 Å². The van der Waals surface area contributed by atoms with E-state index in [1.54, 1.807) is 12.1 Å². The van der Waals surface area contributed by atoms with Crippen molar-refractivity contribution in [3.8, 4) is 0 Å². The Kier molecular flexibility index (Phi) is 4.17. The number of methoxy groups -OCH3 is 1. The van der Waals surface area contributed by atoms with Crippen LogP contribution in [0.1, 0.15) is 28.4 Å². The highest BCUT2D eigenvalue weighted by atomic mass is 19.1. The molecule has 0 spiro atoms. The van der Waals surface area contributed by atoms with Crippen molar-refractivity contribution in [3.05, 3.63) is 35.1 Å². The van der Waals surface area contributed by atoms with E-state index in [1.165, 1.54) is 13.2 Å². The standard InChI is InChI=1S/C14H19FN2O2/c1-17-8-9(7-16)5-13(17)11-4-3-10(6-12(11)15)14(18)19-2/h3-4,6,9,13H,5,7-8,16H2,1-2H3. The van der Waals surface area contributed by atoms with Crippen molar-refractivity contribution in [1.82, 2.24) is 4.90 Å². The van der Waals surface area contributed by atoms with Crippen LogP contribution in [-0.2, 0) is 4.74 Å². The number of likely N-dealkylation sites (tertiary alicyclic amines) is 1. The summed E-state index contributed by atoms with van der Waals surface area (Å²) in [6.07, 6.45) is 0.849. The normalized spacial score (nSPS) is 23.6. The molecule has 0 aromatic heterocycles. The predicted molar refractivity (Wildman–Crippen MR) is 70.3 cm³/mol. The highest BCUT2D eigenvalue weighted by Crippen LogP contribution is 2.35. The Morgan fingerprint density at radius 2 is 2.32 bits per heavy atom. The summed E-state index contributed by atoms with van der Waals surface area (Å²) in [5.41, 5.74) is 6.53. The molecule has 1 heterocycles. The largest absolute Gasteiger partial charge is 0.465 e. The van der Waals surface area contributed by atoms with E-state index in [4.69, 9.17) is 5.73 Å². The van der Waals surface area contributed by atoms with Crippen LogP contribution >= 0.6 is 0 Å². The number of ether oxygens (including phenoxy) is 1. The summed E-state index contributed by atoms with van der Waals surface area (Å²) < 4.78 is 18.7. The second kappa shape index (κ2) is 5.67. The lowest BCUT2D eigenvalue weighted by molar-refractivity contribution is 0.0600. The summed E-state index contributed by atoms with van der Waals surface area (Å²) in [7, 11) is 3.25. The van der Waals surface area contributed by atoms with Crippen LogP contribution in [0.3, 0.4) is 0 Å². The highest BCUT2D eigenvalue weighted by Gasteiger charge is 2.31. The van der Waals surface area contributed by atoms with Crippen LogP contribution < -0.4 is 5.73 Å². The van der Waals surface area contributed by atoms with E-state index in [0.717, 1.165) is 13.0 Å². The second-order valence-electron chi connectivity index (χ2n) is 5.02. The number of carbonyl (C=O) groups is 1. The van der Waals surface area contributed by atoms with Crippen molar-refractivity contribution < 1.29 is 13.9 Å². The van der Waals surface area contributed by atoms with Crippen molar-refractivity contribution in [2.45, 2.75) is 12.5 Å². The first-order valence-corrected chi connectivity index (χ1v) is 6.35. The molecule has 0 saturated carbocycles. The van der Waals surface area contributed by atoms with Crippen LogP contribution in [0.4, 0.5) is 4.39 Å². The topological polar surface area (TPSA) is 55.6 Å². The Morgan fingerprint density at radius 3 is 2.84 bits per heavy atom. The first-order chi connectivity index (χ1) is 9.06. The Balaban J connectivity index is 2.24. The Hall–Kier alpha value is -1.46. The summed E-state index contributed by atoms with van der Waals surface area (Å²) in [6.45, 7) is 1.49. The third kappa shape index (κ3) is 2.77. The van der Waals surface area contributed by atoms with Gasteiger partial charge in [0.1, 0.15) is 5.82 Å². The molecule has 1 fully saturated rings. The van der Waals surface area contributed by atoms with Crippen LogP contribution in [-0.4, -0.2) is 38.1 Å². The van der Waals surface area contributed by atoms with E-state index < -0.39 is 5.97 Å². The first-order valence-electron chi connectivity index (χ1n) is 6.35. The van der Waals surface area contributed by atoms with Gasteiger partial charge in [-0.15, -0.1) is 0 Å². The van der Waals surface area contributed by atoms with Gasteiger partial charge in [-0.2, -0.15) is 0 Å². The minimum Gasteiger partial charge on any atom is -0.465 e. The summed E-state index contributed by atoms with van der Waals surface area (Å²) in [4.78, 5) is 13.5. The van der Waals surface area contributed by atoms with E-state index in [9.17, 15) is 9.18 Å². The first kappa shape index (κ1) is 14.0. The molecular weight excluding hydrogens is 247 g/mol. The van der Waals surface area contributed by atoms with E-state index in [0.29, 0.717) is 18.0 Å². The van der Waals surface area contributed by atoms with E-state index in [1.807, 2.05) is 7.05 Å². The van der Waals surface area contributed by atoms with Gasteiger partial charge >= 0.3 is 5.97 Å². The molecule has 2 rings (SSSR count). The molecule has 1 saturated heterocycles. The molecule has 0 bridgehead atoms. The Bertz CT molecular complexity index is 479. The summed E-state index contributed by atoms with van der Waals surface area (Å²) in [5.74, 6) is -0.489. The van der Waals surface area contributed by atoms with Crippen molar-refractivity contribution in [3.63, 3.8) is 0 Å². The second-order valence-corrected chi connectivity index (χ2v) is 5.02. The monoisotopic (exact) mass is 266 g/mol. The van der Waals surface area contributed by atoms with Gasteiger partial charge in [0.05, 0.1) is 12.7 Å². The van der Waals surface area contributed by atoms with Gasteiger partial charge in [0.15, 0.2) is 0 Å². The lowest BCUT2D eigenvalue weighted by atomic mass is 9.98. The van der Waals surface area contributed by atoms with Gasteiger partial charge in [0.25, 0.3) is 0 Å². The number of esters is 1. The van der Waals surface area contributed by atoms with Crippen LogP contribution in [0, 0.1) is 11.7 Å². The van der Waals surface area contributed by atoms with Gasteiger partial charge in [0, 0.05) is 18.2 Å². The fourth-order valence-corrected chi connectivity index (χ4v) is 2.68. The zero-order valence-corrected chi connectivity index (χ0v) is 11.2. The number of carbonyl (C=O) groups excluding carboxylic acids is 1. The quantitative estimate of drug-likeness (QED) is 0.844. The minimum atomic E-state index is -0.523. The maximum Gasteiger partial charge on any atom is 0.337 e. The predicted octanol–water partition coefficient (Wildman–Crippen LogP) is 1.56.